The minimum Gasteiger partial charge on any atom is -0.369 e. The third-order valence-electron chi connectivity index (χ3n) is 2.98. The molecule has 2 aromatic rings. The van der Waals surface area contributed by atoms with Gasteiger partial charge in [0.25, 0.3) is 0 Å². The van der Waals surface area contributed by atoms with Crippen LogP contribution in [0.15, 0.2) is 18.2 Å². The maximum atomic E-state index is 6.00. The molecule has 3 nitrogen and oxygen atoms in total. The lowest BCUT2D eigenvalue weighted by atomic mass is 10.2. The Hall–Kier alpha value is -1.22. The van der Waals surface area contributed by atoms with E-state index in [9.17, 15) is 0 Å². The highest BCUT2D eigenvalue weighted by Gasteiger charge is 2.07. The van der Waals surface area contributed by atoms with Crippen molar-refractivity contribution in [1.29, 1.82) is 0 Å². The number of halogens is 1. The second kappa shape index (κ2) is 5.41. The molecule has 0 radical (unpaired) electrons. The molecular formula is C13H18ClN3. The van der Waals surface area contributed by atoms with Crippen molar-refractivity contribution in [2.24, 2.45) is 0 Å². The molecule has 1 aromatic carbocycles. The van der Waals surface area contributed by atoms with Crippen LogP contribution in [-0.2, 0) is 6.54 Å². The van der Waals surface area contributed by atoms with Gasteiger partial charge in [-0.2, -0.15) is 0 Å². The molecule has 0 aliphatic heterocycles. The lowest BCUT2D eigenvalue weighted by molar-refractivity contribution is 0.595. The maximum Gasteiger partial charge on any atom is 0.201 e. The number of aryl methyl sites for hydroxylation is 1. The average molecular weight is 252 g/mol. The number of anilines is 1. The Labute approximate surface area is 107 Å². The van der Waals surface area contributed by atoms with Gasteiger partial charge in [-0.1, -0.05) is 37.8 Å². The van der Waals surface area contributed by atoms with E-state index < -0.39 is 0 Å². The lowest BCUT2D eigenvalue weighted by Crippen LogP contribution is -2.03. The molecule has 0 aliphatic rings. The van der Waals surface area contributed by atoms with Crippen LogP contribution in [0.2, 0.25) is 5.02 Å². The number of nitrogen functional groups attached to an aromatic ring is 1. The van der Waals surface area contributed by atoms with Gasteiger partial charge >= 0.3 is 0 Å². The Morgan fingerprint density at radius 2 is 2.12 bits per heavy atom. The molecule has 0 spiro atoms. The predicted molar refractivity (Wildman–Crippen MR) is 73.3 cm³/mol. The molecule has 0 saturated heterocycles. The summed E-state index contributed by atoms with van der Waals surface area (Å²) < 4.78 is 2.05. The van der Waals surface area contributed by atoms with Crippen LogP contribution in [0.5, 0.6) is 0 Å². The van der Waals surface area contributed by atoms with Gasteiger partial charge in [0.15, 0.2) is 0 Å². The molecule has 0 saturated carbocycles. The fourth-order valence-electron chi connectivity index (χ4n) is 2.05. The zero-order valence-corrected chi connectivity index (χ0v) is 10.9. The average Bonchev–Trinajstić information content (AvgIpc) is 2.61. The first-order chi connectivity index (χ1) is 8.22. The summed E-state index contributed by atoms with van der Waals surface area (Å²) in [7, 11) is 0. The number of hydrogen-bond acceptors (Lipinski definition) is 2. The fourth-order valence-corrected chi connectivity index (χ4v) is 2.21. The van der Waals surface area contributed by atoms with Crippen LogP contribution in [0.1, 0.15) is 32.6 Å². The number of hydrogen-bond donors (Lipinski definition) is 1. The van der Waals surface area contributed by atoms with Crippen molar-refractivity contribution in [3.05, 3.63) is 23.2 Å². The summed E-state index contributed by atoms with van der Waals surface area (Å²) in [5, 5.41) is 0.729. The number of rotatable bonds is 5. The van der Waals surface area contributed by atoms with E-state index in [4.69, 9.17) is 17.3 Å². The quantitative estimate of drug-likeness (QED) is 0.821. The van der Waals surface area contributed by atoms with Gasteiger partial charge in [0.2, 0.25) is 5.95 Å². The highest BCUT2D eigenvalue weighted by atomic mass is 35.5. The minimum absolute atomic E-state index is 0.582. The Morgan fingerprint density at radius 3 is 2.88 bits per heavy atom. The number of nitrogens with two attached hydrogens (primary N) is 1. The largest absolute Gasteiger partial charge is 0.369 e. The first kappa shape index (κ1) is 12.2. The Bertz CT molecular complexity index is 505. The monoisotopic (exact) mass is 251 g/mol. The summed E-state index contributed by atoms with van der Waals surface area (Å²) >= 11 is 6.00. The number of fused-ring (bicyclic) bond motifs is 1. The van der Waals surface area contributed by atoms with Gasteiger partial charge in [-0.15, -0.1) is 0 Å². The summed E-state index contributed by atoms with van der Waals surface area (Å²) in [4.78, 5) is 4.34. The smallest absolute Gasteiger partial charge is 0.201 e. The number of imidazole rings is 1. The maximum absolute atomic E-state index is 6.00. The van der Waals surface area contributed by atoms with Gasteiger partial charge in [0.05, 0.1) is 11.0 Å². The molecule has 2 rings (SSSR count). The van der Waals surface area contributed by atoms with Crippen LogP contribution in [0.3, 0.4) is 0 Å². The second-order valence-electron chi connectivity index (χ2n) is 4.32. The van der Waals surface area contributed by atoms with E-state index in [1.54, 1.807) is 0 Å². The van der Waals surface area contributed by atoms with Crippen molar-refractivity contribution in [2.45, 2.75) is 39.2 Å². The molecule has 0 amide bonds. The summed E-state index contributed by atoms with van der Waals surface area (Å²) in [5.41, 5.74) is 7.88. The molecule has 0 atom stereocenters. The fraction of sp³-hybridized carbons (Fsp3) is 0.462. The normalized spacial score (nSPS) is 11.2. The minimum atomic E-state index is 0.582. The van der Waals surface area contributed by atoms with Gasteiger partial charge in [-0.05, 0) is 24.6 Å². The lowest BCUT2D eigenvalue weighted by Gasteiger charge is -2.06. The number of benzene rings is 1. The number of nitrogens with zero attached hydrogens (tertiary/aromatic N) is 2. The van der Waals surface area contributed by atoms with E-state index in [1.165, 1.54) is 19.3 Å². The summed E-state index contributed by atoms with van der Waals surface area (Å²) in [6.07, 6.45) is 4.88. The van der Waals surface area contributed by atoms with Crippen molar-refractivity contribution in [3.63, 3.8) is 0 Å². The third-order valence-corrected chi connectivity index (χ3v) is 3.21. The standard InChI is InChI=1S/C13H18ClN3/c1-2-3-4-5-8-17-12-9-10(14)6-7-11(12)16-13(17)15/h6-7,9H,2-5,8H2,1H3,(H2,15,16). The first-order valence-corrected chi connectivity index (χ1v) is 6.51. The predicted octanol–water partition coefficient (Wildman–Crippen LogP) is 3.85. The zero-order valence-electron chi connectivity index (χ0n) is 10.1. The van der Waals surface area contributed by atoms with Crippen molar-refractivity contribution in [1.82, 2.24) is 9.55 Å². The SMILES string of the molecule is CCCCCCn1c(N)nc2ccc(Cl)cc21. The third kappa shape index (κ3) is 2.72. The van der Waals surface area contributed by atoms with E-state index in [2.05, 4.69) is 16.5 Å². The van der Waals surface area contributed by atoms with Crippen molar-refractivity contribution in [2.75, 3.05) is 5.73 Å². The molecule has 0 fully saturated rings. The van der Waals surface area contributed by atoms with Gasteiger partial charge < -0.3 is 10.3 Å². The Morgan fingerprint density at radius 1 is 1.29 bits per heavy atom. The number of aromatic nitrogens is 2. The van der Waals surface area contributed by atoms with Crippen LogP contribution in [0.25, 0.3) is 11.0 Å². The second-order valence-corrected chi connectivity index (χ2v) is 4.75. The van der Waals surface area contributed by atoms with Gasteiger partial charge in [0, 0.05) is 11.6 Å². The van der Waals surface area contributed by atoms with E-state index in [-0.39, 0.29) is 0 Å². The van der Waals surface area contributed by atoms with E-state index in [0.29, 0.717) is 5.95 Å². The van der Waals surface area contributed by atoms with Gasteiger partial charge in [0.1, 0.15) is 0 Å². The van der Waals surface area contributed by atoms with Crippen LogP contribution >= 0.6 is 11.6 Å². The number of unbranched alkanes of at least 4 members (excludes halogenated alkanes) is 3. The molecule has 1 aromatic heterocycles. The van der Waals surface area contributed by atoms with Crippen LogP contribution < -0.4 is 5.73 Å². The molecule has 1 heterocycles. The molecule has 17 heavy (non-hydrogen) atoms. The molecule has 0 bridgehead atoms. The van der Waals surface area contributed by atoms with Gasteiger partial charge in [-0.25, -0.2) is 4.98 Å². The molecule has 4 heteroatoms. The summed E-state index contributed by atoms with van der Waals surface area (Å²) in [6, 6.07) is 5.69. The zero-order chi connectivity index (χ0) is 12.3. The van der Waals surface area contributed by atoms with Crippen LogP contribution in [0.4, 0.5) is 5.95 Å². The Kier molecular flexibility index (Phi) is 3.89. The van der Waals surface area contributed by atoms with E-state index in [0.717, 1.165) is 29.0 Å². The van der Waals surface area contributed by atoms with Crippen LogP contribution in [-0.4, -0.2) is 9.55 Å². The Balaban J connectivity index is 2.20. The molecule has 2 N–H and O–H groups in total. The molecular weight excluding hydrogens is 234 g/mol. The van der Waals surface area contributed by atoms with Gasteiger partial charge in [-0.3, -0.25) is 0 Å². The molecule has 92 valence electrons. The highest BCUT2D eigenvalue weighted by molar-refractivity contribution is 6.31. The summed E-state index contributed by atoms with van der Waals surface area (Å²) in [5.74, 6) is 0.582. The highest BCUT2D eigenvalue weighted by Crippen LogP contribution is 2.22. The molecule has 0 unspecified atom stereocenters. The topological polar surface area (TPSA) is 43.8 Å². The van der Waals surface area contributed by atoms with Crippen molar-refractivity contribution >= 4 is 28.6 Å². The molecule has 0 aliphatic carbocycles. The first-order valence-electron chi connectivity index (χ1n) is 6.13. The van der Waals surface area contributed by atoms with E-state index in [1.807, 2.05) is 18.2 Å². The van der Waals surface area contributed by atoms with Crippen molar-refractivity contribution < 1.29 is 0 Å². The summed E-state index contributed by atoms with van der Waals surface area (Å²) in [6.45, 7) is 3.13. The van der Waals surface area contributed by atoms with Crippen molar-refractivity contribution in [3.8, 4) is 0 Å². The van der Waals surface area contributed by atoms with E-state index >= 15 is 0 Å². The van der Waals surface area contributed by atoms with Crippen LogP contribution in [0, 0.1) is 0 Å².